The van der Waals surface area contributed by atoms with Crippen molar-refractivity contribution in [1.82, 2.24) is 15.6 Å². The third-order valence-corrected chi connectivity index (χ3v) is 3.32. The van der Waals surface area contributed by atoms with E-state index >= 15 is 0 Å². The molecule has 1 atom stereocenters. The Bertz CT molecular complexity index is 801. The summed E-state index contributed by atoms with van der Waals surface area (Å²) < 4.78 is 36.5. The van der Waals surface area contributed by atoms with E-state index in [1.165, 1.54) is 20.2 Å². The molecule has 0 fully saturated rings. The largest absolute Gasteiger partial charge is 0.453 e. The number of hydrogen-bond acceptors (Lipinski definition) is 5. The van der Waals surface area contributed by atoms with Crippen molar-refractivity contribution < 1.29 is 27.8 Å². The predicted molar refractivity (Wildman–Crippen MR) is 87.5 cm³/mol. The molecule has 1 aromatic carbocycles. The van der Waals surface area contributed by atoms with Crippen LogP contribution >= 0.6 is 0 Å². The molecule has 0 bridgehead atoms. The lowest BCUT2D eigenvalue weighted by Crippen LogP contribution is -2.44. The fourth-order valence-electron chi connectivity index (χ4n) is 1.95. The normalized spacial score (nSPS) is 11.4. The molecule has 2 rings (SSSR count). The van der Waals surface area contributed by atoms with Crippen molar-refractivity contribution in [1.29, 1.82) is 0 Å². The molecule has 2 aromatic rings. The molecule has 2 amide bonds. The number of nitrogens with one attached hydrogen (secondary N) is 2. The Hall–Kier alpha value is -3.23. The minimum Gasteiger partial charge on any atom is -0.453 e. The molecule has 0 spiro atoms. The molecule has 0 saturated carbocycles. The highest BCUT2D eigenvalue weighted by Gasteiger charge is 2.17. The second kappa shape index (κ2) is 8.75. The van der Waals surface area contributed by atoms with Crippen LogP contribution in [-0.4, -0.2) is 30.1 Å². The number of methoxy groups -OCH3 is 1. The van der Waals surface area contributed by atoms with Crippen molar-refractivity contribution >= 4 is 12.0 Å². The van der Waals surface area contributed by atoms with Gasteiger partial charge in [-0.3, -0.25) is 4.79 Å². The molecular weight excluding hydrogens is 348 g/mol. The van der Waals surface area contributed by atoms with Crippen molar-refractivity contribution in [2.45, 2.75) is 19.5 Å². The quantitative estimate of drug-likeness (QED) is 0.821. The van der Waals surface area contributed by atoms with Crippen molar-refractivity contribution in [3.63, 3.8) is 0 Å². The van der Waals surface area contributed by atoms with E-state index in [0.717, 1.165) is 12.1 Å². The lowest BCUT2D eigenvalue weighted by Gasteiger charge is -2.14. The van der Waals surface area contributed by atoms with E-state index in [-0.39, 0.29) is 18.2 Å². The molecule has 0 saturated heterocycles. The zero-order chi connectivity index (χ0) is 19.1. The number of aromatic nitrogens is 1. The number of halogens is 2. The van der Waals surface area contributed by atoms with Crippen molar-refractivity contribution in [2.75, 3.05) is 7.11 Å². The monoisotopic (exact) mass is 365 g/mol. The van der Waals surface area contributed by atoms with Gasteiger partial charge in [0.15, 0.2) is 11.6 Å². The van der Waals surface area contributed by atoms with Crippen LogP contribution in [0.1, 0.15) is 12.5 Å². The molecule has 0 aliphatic carbocycles. The number of ether oxygens (including phenoxy) is 2. The van der Waals surface area contributed by atoms with Crippen LogP contribution in [-0.2, 0) is 16.1 Å². The lowest BCUT2D eigenvalue weighted by molar-refractivity contribution is -0.122. The van der Waals surface area contributed by atoms with E-state index < -0.39 is 29.7 Å². The Balaban J connectivity index is 2.04. The van der Waals surface area contributed by atoms with E-state index in [0.29, 0.717) is 11.6 Å². The minimum atomic E-state index is -0.874. The van der Waals surface area contributed by atoms with Crippen molar-refractivity contribution in [3.05, 3.63) is 53.7 Å². The zero-order valence-electron chi connectivity index (χ0n) is 14.1. The van der Waals surface area contributed by atoms with E-state index in [1.807, 2.05) is 0 Å². The Morgan fingerprint density at radius 3 is 2.73 bits per heavy atom. The first-order chi connectivity index (χ1) is 12.4. The molecule has 2 N–H and O–H groups in total. The Labute approximate surface area is 148 Å². The van der Waals surface area contributed by atoms with Crippen LogP contribution in [0, 0.1) is 11.6 Å². The number of amides is 2. The van der Waals surface area contributed by atoms with Gasteiger partial charge in [0.05, 0.1) is 7.11 Å². The maximum absolute atomic E-state index is 13.7. The van der Waals surface area contributed by atoms with Gasteiger partial charge in [-0.2, -0.15) is 0 Å². The Kier molecular flexibility index (Phi) is 6.42. The average molecular weight is 365 g/mol. The molecule has 0 unspecified atom stereocenters. The van der Waals surface area contributed by atoms with Crippen LogP contribution in [0.25, 0.3) is 0 Å². The fourth-order valence-corrected chi connectivity index (χ4v) is 1.95. The highest BCUT2D eigenvalue weighted by Crippen LogP contribution is 2.25. The summed E-state index contributed by atoms with van der Waals surface area (Å²) in [6.45, 7) is 1.51. The number of benzene rings is 1. The number of pyridine rings is 1. The third-order valence-electron chi connectivity index (χ3n) is 3.32. The van der Waals surface area contributed by atoms with Crippen LogP contribution in [0.3, 0.4) is 0 Å². The van der Waals surface area contributed by atoms with Crippen LogP contribution < -0.4 is 15.4 Å². The highest BCUT2D eigenvalue weighted by molar-refractivity contribution is 5.85. The summed E-state index contributed by atoms with van der Waals surface area (Å²) in [4.78, 5) is 27.1. The maximum Gasteiger partial charge on any atom is 0.407 e. The van der Waals surface area contributed by atoms with Gasteiger partial charge in [-0.25, -0.2) is 18.6 Å². The number of hydrogen-bond donors (Lipinski definition) is 2. The summed E-state index contributed by atoms with van der Waals surface area (Å²) in [5, 5.41) is 4.92. The van der Waals surface area contributed by atoms with Crippen molar-refractivity contribution in [3.8, 4) is 11.6 Å². The number of nitrogens with zero attached hydrogens (tertiary/aromatic N) is 1. The smallest absolute Gasteiger partial charge is 0.407 e. The van der Waals surface area contributed by atoms with E-state index in [9.17, 15) is 18.4 Å². The third kappa shape index (κ3) is 5.13. The first-order valence-corrected chi connectivity index (χ1v) is 7.59. The average Bonchev–Trinajstić information content (AvgIpc) is 2.62. The van der Waals surface area contributed by atoms with Crippen LogP contribution in [0.15, 0.2) is 36.5 Å². The summed E-state index contributed by atoms with van der Waals surface area (Å²) in [7, 11) is 1.19. The summed E-state index contributed by atoms with van der Waals surface area (Å²) in [6.07, 6.45) is 0.702. The highest BCUT2D eigenvalue weighted by atomic mass is 19.1. The van der Waals surface area contributed by atoms with Gasteiger partial charge in [-0.1, -0.05) is 6.07 Å². The van der Waals surface area contributed by atoms with Crippen LogP contribution in [0.5, 0.6) is 11.6 Å². The molecule has 0 radical (unpaired) electrons. The van der Waals surface area contributed by atoms with Gasteiger partial charge in [-0.05, 0) is 25.1 Å². The molecule has 1 heterocycles. The topological polar surface area (TPSA) is 89.5 Å². The summed E-state index contributed by atoms with van der Waals surface area (Å²) in [5.41, 5.74) is 0.467. The number of carbonyl (C=O) groups excluding carboxylic acids is 2. The SMILES string of the molecule is COC(=O)N[C@H](C)C(=O)NCc1cccnc1Oc1ccc(F)cc1F. The van der Waals surface area contributed by atoms with E-state index in [2.05, 4.69) is 20.4 Å². The van der Waals surface area contributed by atoms with Gasteiger partial charge in [0.2, 0.25) is 11.8 Å². The summed E-state index contributed by atoms with van der Waals surface area (Å²) in [6, 6.07) is 5.32. The molecule has 138 valence electrons. The maximum atomic E-state index is 13.7. The fraction of sp³-hybridized carbons (Fsp3) is 0.235. The second-order valence-corrected chi connectivity index (χ2v) is 5.22. The van der Waals surface area contributed by atoms with Gasteiger partial charge in [-0.15, -0.1) is 0 Å². The standard InChI is InChI=1S/C17H17F2N3O4/c1-10(22-17(24)25-2)15(23)21-9-11-4-3-7-20-16(11)26-14-6-5-12(18)8-13(14)19/h3-8,10H,9H2,1-2H3,(H,21,23)(H,22,24)/t10-/m1/s1. The van der Waals surface area contributed by atoms with E-state index in [4.69, 9.17) is 4.74 Å². The Morgan fingerprint density at radius 2 is 2.04 bits per heavy atom. The molecule has 9 heteroatoms. The van der Waals surface area contributed by atoms with Gasteiger partial charge in [0.25, 0.3) is 0 Å². The summed E-state index contributed by atoms with van der Waals surface area (Å²) >= 11 is 0. The number of rotatable bonds is 6. The summed E-state index contributed by atoms with van der Waals surface area (Å²) in [5.74, 6) is -2.19. The first kappa shape index (κ1) is 19.1. The van der Waals surface area contributed by atoms with Crippen molar-refractivity contribution in [2.24, 2.45) is 0 Å². The molecule has 0 aliphatic heterocycles. The molecule has 0 aliphatic rings. The first-order valence-electron chi connectivity index (χ1n) is 7.59. The molecule has 26 heavy (non-hydrogen) atoms. The van der Waals surface area contributed by atoms with Crippen LogP contribution in [0.2, 0.25) is 0 Å². The number of alkyl carbamates (subject to hydrolysis) is 1. The molecule has 7 nitrogen and oxygen atoms in total. The zero-order valence-corrected chi connectivity index (χ0v) is 14.1. The predicted octanol–water partition coefficient (Wildman–Crippen LogP) is 2.51. The lowest BCUT2D eigenvalue weighted by atomic mass is 10.2. The van der Waals surface area contributed by atoms with Gasteiger partial charge in [0.1, 0.15) is 11.9 Å². The van der Waals surface area contributed by atoms with Gasteiger partial charge in [0, 0.05) is 24.4 Å². The van der Waals surface area contributed by atoms with E-state index in [1.54, 1.807) is 12.1 Å². The minimum absolute atomic E-state index is 0.0258. The van der Waals surface area contributed by atoms with Gasteiger partial charge < -0.3 is 20.1 Å². The van der Waals surface area contributed by atoms with Gasteiger partial charge >= 0.3 is 6.09 Å². The molecular formula is C17H17F2N3O4. The Morgan fingerprint density at radius 1 is 1.27 bits per heavy atom. The molecule has 1 aromatic heterocycles. The second-order valence-electron chi connectivity index (χ2n) is 5.22. The number of carbonyl (C=O) groups is 2. The van der Waals surface area contributed by atoms with Crippen LogP contribution in [0.4, 0.5) is 13.6 Å².